The monoisotopic (exact) mass is 293 g/mol. The minimum Gasteiger partial charge on any atom is -0.507 e. The van der Waals surface area contributed by atoms with Crippen LogP contribution < -0.4 is 0 Å². The van der Waals surface area contributed by atoms with E-state index in [0.717, 1.165) is 10.8 Å². The molecule has 1 N–H and O–H groups in total. The van der Waals surface area contributed by atoms with Crippen LogP contribution in [0.25, 0.3) is 43.1 Å². The molecule has 1 radical (unpaired) electrons. The Morgan fingerprint density at radius 2 is 1.04 bits per heavy atom. The van der Waals surface area contributed by atoms with Gasteiger partial charge in [-0.15, -0.1) is 0 Å². The molecule has 0 bridgehead atoms. The zero-order chi connectivity index (χ0) is 15.4. The Morgan fingerprint density at radius 1 is 0.522 bits per heavy atom. The van der Waals surface area contributed by atoms with Crippen LogP contribution in [-0.2, 0) is 0 Å². The highest BCUT2D eigenvalue weighted by Crippen LogP contribution is 2.30. The number of hydrogen-bond acceptors (Lipinski definition) is 1. The number of phenolic OH excluding ortho intramolecular Hbond substituents is 1. The Bertz CT molecular complexity index is 1220. The molecule has 0 atom stereocenters. The highest BCUT2D eigenvalue weighted by molar-refractivity contribution is 6.08. The predicted molar refractivity (Wildman–Crippen MR) is 97.0 cm³/mol. The van der Waals surface area contributed by atoms with Crippen molar-refractivity contribution in [2.24, 2.45) is 0 Å². The first-order valence-electron chi connectivity index (χ1n) is 7.68. The van der Waals surface area contributed by atoms with E-state index in [4.69, 9.17) is 0 Å². The first-order chi connectivity index (χ1) is 11.3. The Kier molecular flexibility index (Phi) is 2.42. The van der Waals surface area contributed by atoms with Crippen molar-refractivity contribution in [2.75, 3.05) is 0 Å². The van der Waals surface area contributed by atoms with E-state index in [1.54, 1.807) is 6.07 Å². The molecule has 0 aromatic heterocycles. The third-order valence-electron chi connectivity index (χ3n) is 4.51. The number of rotatable bonds is 0. The molecule has 23 heavy (non-hydrogen) atoms. The maximum absolute atomic E-state index is 9.64. The second-order valence-electron chi connectivity index (χ2n) is 6.03. The minimum atomic E-state index is 0.184. The molecule has 0 saturated carbocycles. The smallest absolute Gasteiger partial charge is 0.124 e. The molecule has 0 fully saturated rings. The molecule has 0 aliphatic rings. The van der Waals surface area contributed by atoms with Crippen molar-refractivity contribution >= 4 is 43.1 Å². The summed E-state index contributed by atoms with van der Waals surface area (Å²) in [6.45, 7) is 0. The lowest BCUT2D eigenvalue weighted by Crippen LogP contribution is -1.80. The van der Waals surface area contributed by atoms with Gasteiger partial charge >= 0.3 is 0 Å². The van der Waals surface area contributed by atoms with Crippen LogP contribution in [0, 0.1) is 6.07 Å². The topological polar surface area (TPSA) is 20.2 Å². The molecule has 0 heterocycles. The first kappa shape index (κ1) is 12.5. The van der Waals surface area contributed by atoms with Gasteiger partial charge in [0.05, 0.1) is 0 Å². The predicted octanol–water partition coefficient (Wildman–Crippen LogP) is 5.81. The van der Waals surface area contributed by atoms with Crippen molar-refractivity contribution in [2.45, 2.75) is 0 Å². The van der Waals surface area contributed by atoms with Crippen LogP contribution in [0.2, 0.25) is 0 Å². The van der Waals surface area contributed by atoms with Gasteiger partial charge < -0.3 is 5.11 Å². The van der Waals surface area contributed by atoms with E-state index in [1.165, 1.54) is 32.3 Å². The van der Waals surface area contributed by atoms with Gasteiger partial charge in [-0.05, 0) is 85.6 Å². The van der Waals surface area contributed by atoms with Gasteiger partial charge in [0, 0.05) is 6.07 Å². The molecule has 5 rings (SSSR count). The molecule has 0 spiro atoms. The fraction of sp³-hybridized carbons (Fsp3) is 0. The van der Waals surface area contributed by atoms with Crippen molar-refractivity contribution in [3.05, 3.63) is 78.9 Å². The molecule has 1 heteroatoms. The maximum atomic E-state index is 9.64. The SMILES string of the molecule is Oc1[c]c2cc3cc4cc5ccccc5cc4cc3cc2cc1. The Labute approximate surface area is 133 Å². The van der Waals surface area contributed by atoms with E-state index in [9.17, 15) is 5.11 Å². The lowest BCUT2D eigenvalue weighted by Gasteiger charge is -2.07. The molecule has 0 amide bonds. The van der Waals surface area contributed by atoms with E-state index in [2.05, 4.69) is 66.7 Å². The molecule has 1 nitrogen and oxygen atoms in total. The molecule has 0 saturated heterocycles. The third-order valence-corrected chi connectivity index (χ3v) is 4.51. The van der Waals surface area contributed by atoms with Gasteiger partial charge in [-0.2, -0.15) is 0 Å². The van der Waals surface area contributed by atoms with Crippen LogP contribution in [0.15, 0.2) is 72.8 Å². The van der Waals surface area contributed by atoms with E-state index in [0.29, 0.717) is 0 Å². The number of fused-ring (bicyclic) bond motifs is 4. The number of aromatic hydroxyl groups is 1. The summed E-state index contributed by atoms with van der Waals surface area (Å²) in [5.41, 5.74) is 0. The van der Waals surface area contributed by atoms with E-state index >= 15 is 0 Å². The highest BCUT2D eigenvalue weighted by atomic mass is 16.3. The molecule has 0 aliphatic carbocycles. The Morgan fingerprint density at radius 3 is 1.70 bits per heavy atom. The largest absolute Gasteiger partial charge is 0.507 e. The van der Waals surface area contributed by atoms with Crippen molar-refractivity contribution in [1.82, 2.24) is 0 Å². The van der Waals surface area contributed by atoms with Crippen molar-refractivity contribution in [3.8, 4) is 5.75 Å². The zero-order valence-electron chi connectivity index (χ0n) is 12.4. The maximum Gasteiger partial charge on any atom is 0.124 e. The van der Waals surface area contributed by atoms with Crippen LogP contribution in [0.4, 0.5) is 0 Å². The zero-order valence-corrected chi connectivity index (χ0v) is 12.4. The molecular formula is C22H13O. The summed E-state index contributed by atoms with van der Waals surface area (Å²) < 4.78 is 0. The molecule has 0 unspecified atom stereocenters. The normalized spacial score (nSPS) is 11.7. The molecule has 5 aromatic rings. The van der Waals surface area contributed by atoms with Gasteiger partial charge in [0.15, 0.2) is 0 Å². The number of phenols is 1. The summed E-state index contributed by atoms with van der Waals surface area (Å²) in [7, 11) is 0. The minimum absolute atomic E-state index is 0.184. The summed E-state index contributed by atoms with van der Waals surface area (Å²) in [5, 5.41) is 19.0. The van der Waals surface area contributed by atoms with Crippen molar-refractivity contribution in [1.29, 1.82) is 0 Å². The Balaban J connectivity index is 1.90. The summed E-state index contributed by atoms with van der Waals surface area (Å²) in [4.78, 5) is 0. The summed E-state index contributed by atoms with van der Waals surface area (Å²) >= 11 is 0. The fourth-order valence-electron chi connectivity index (χ4n) is 3.36. The molecule has 0 aliphatic heterocycles. The quantitative estimate of drug-likeness (QED) is 0.357. The average Bonchev–Trinajstić information content (AvgIpc) is 2.56. The van der Waals surface area contributed by atoms with Gasteiger partial charge in [0.2, 0.25) is 0 Å². The lowest BCUT2D eigenvalue weighted by molar-refractivity contribution is 0.475. The van der Waals surface area contributed by atoms with Crippen molar-refractivity contribution in [3.63, 3.8) is 0 Å². The Hall–Kier alpha value is -3.06. The van der Waals surface area contributed by atoms with Crippen LogP contribution in [0.3, 0.4) is 0 Å². The number of benzene rings is 5. The van der Waals surface area contributed by atoms with Crippen LogP contribution >= 0.6 is 0 Å². The fourth-order valence-corrected chi connectivity index (χ4v) is 3.36. The van der Waals surface area contributed by atoms with Gasteiger partial charge in [0.1, 0.15) is 5.75 Å². The van der Waals surface area contributed by atoms with E-state index in [-0.39, 0.29) is 5.75 Å². The van der Waals surface area contributed by atoms with E-state index < -0.39 is 0 Å². The van der Waals surface area contributed by atoms with E-state index in [1.807, 2.05) is 6.07 Å². The van der Waals surface area contributed by atoms with Crippen LogP contribution in [0.1, 0.15) is 0 Å². The van der Waals surface area contributed by atoms with Gasteiger partial charge in [0.25, 0.3) is 0 Å². The molecule has 5 aromatic carbocycles. The second-order valence-corrected chi connectivity index (χ2v) is 6.03. The van der Waals surface area contributed by atoms with Crippen molar-refractivity contribution < 1.29 is 5.11 Å². The summed E-state index contributed by atoms with van der Waals surface area (Å²) in [6.07, 6.45) is 0. The van der Waals surface area contributed by atoms with Crippen LogP contribution in [0.5, 0.6) is 5.75 Å². The summed E-state index contributed by atoms with van der Waals surface area (Å²) in [6, 6.07) is 28.3. The number of hydrogen-bond donors (Lipinski definition) is 1. The van der Waals surface area contributed by atoms with Gasteiger partial charge in [-0.3, -0.25) is 0 Å². The molecule has 107 valence electrons. The molecular weight excluding hydrogens is 280 g/mol. The second kappa shape index (κ2) is 4.47. The average molecular weight is 293 g/mol. The van der Waals surface area contributed by atoms with Gasteiger partial charge in [-0.25, -0.2) is 0 Å². The highest BCUT2D eigenvalue weighted by Gasteiger charge is 2.04. The lowest BCUT2D eigenvalue weighted by atomic mass is 9.97. The first-order valence-corrected chi connectivity index (χ1v) is 7.68. The standard InChI is InChI=1S/C22H13O/c23-22-6-5-16-9-19-10-17-7-14-3-1-2-4-15(14)8-18(17)11-20(19)12-21(16)13-22/h1-12,23H. The summed E-state index contributed by atoms with van der Waals surface area (Å²) in [5.74, 6) is 0.184. The third kappa shape index (κ3) is 1.94. The van der Waals surface area contributed by atoms with Gasteiger partial charge in [-0.1, -0.05) is 30.3 Å². The van der Waals surface area contributed by atoms with Crippen LogP contribution in [-0.4, -0.2) is 5.11 Å².